The molecule has 3 rings (SSSR count). The molecule has 7 heteroatoms. The minimum atomic E-state index is -0.636. The molecule has 0 aliphatic rings. The van der Waals surface area contributed by atoms with E-state index in [2.05, 4.69) is 0 Å². The van der Waals surface area contributed by atoms with Crippen molar-refractivity contribution in [1.82, 2.24) is 4.57 Å². The first-order valence-corrected chi connectivity index (χ1v) is 9.93. The van der Waals surface area contributed by atoms with Crippen molar-refractivity contribution in [2.24, 2.45) is 0 Å². The lowest BCUT2D eigenvalue weighted by Crippen LogP contribution is -2.28. The molecule has 0 aliphatic heterocycles. The fraction of sp³-hybridized carbons (Fsp3) is 0.304. The van der Waals surface area contributed by atoms with Gasteiger partial charge in [0.05, 0.1) is 11.2 Å². The number of carbonyl (C=O) groups excluding carboxylic acids is 2. The predicted molar refractivity (Wildman–Crippen MR) is 118 cm³/mol. The first-order valence-electron chi connectivity index (χ1n) is 9.55. The molecule has 0 atom stereocenters. The van der Waals surface area contributed by atoms with E-state index in [9.17, 15) is 9.59 Å². The number of fused-ring (bicyclic) bond motifs is 1. The van der Waals surface area contributed by atoms with E-state index >= 15 is 0 Å². The minimum Gasteiger partial charge on any atom is -0.487 e. The summed E-state index contributed by atoms with van der Waals surface area (Å²) in [6.45, 7) is 7.12. The fourth-order valence-electron chi connectivity index (χ4n) is 2.97. The van der Waals surface area contributed by atoms with Crippen LogP contribution in [-0.2, 0) is 16.1 Å². The van der Waals surface area contributed by atoms with E-state index in [0.29, 0.717) is 22.0 Å². The second-order valence-corrected chi connectivity index (χ2v) is 8.45. The summed E-state index contributed by atoms with van der Waals surface area (Å²) in [6.07, 6.45) is -0.489. The van der Waals surface area contributed by atoms with Gasteiger partial charge in [-0.15, -0.1) is 0 Å². The molecule has 1 heterocycles. The summed E-state index contributed by atoms with van der Waals surface area (Å²) in [4.78, 5) is 25.9. The highest BCUT2D eigenvalue weighted by atomic mass is 35.5. The number of benzene rings is 2. The molecule has 0 saturated heterocycles. The standard InChI is InChI=1S/C23H25ClN2O4/c1-15(27)25(5)18-8-10-20(11-9-18)29-14-19-12-16-6-7-17(24)13-21(16)26(19)22(28)30-23(2,3)4/h6-13H,14H2,1-5H3. The number of carbonyl (C=O) groups is 2. The summed E-state index contributed by atoms with van der Waals surface area (Å²) in [5, 5.41) is 1.39. The second kappa shape index (κ2) is 8.40. The molecular formula is C23H25ClN2O4. The van der Waals surface area contributed by atoms with Gasteiger partial charge in [0, 0.05) is 30.1 Å². The molecule has 0 fully saturated rings. The molecule has 0 aliphatic carbocycles. The molecule has 3 aromatic rings. The van der Waals surface area contributed by atoms with Gasteiger partial charge >= 0.3 is 6.09 Å². The van der Waals surface area contributed by atoms with Crippen molar-refractivity contribution in [3.63, 3.8) is 0 Å². The Morgan fingerprint density at radius 1 is 1.07 bits per heavy atom. The molecular weight excluding hydrogens is 404 g/mol. The quantitative estimate of drug-likeness (QED) is 0.539. The summed E-state index contributed by atoms with van der Waals surface area (Å²) in [7, 11) is 1.71. The Labute approximate surface area is 180 Å². The van der Waals surface area contributed by atoms with Gasteiger partial charge in [0.15, 0.2) is 0 Å². The van der Waals surface area contributed by atoms with Crippen LogP contribution in [0.4, 0.5) is 10.5 Å². The Bertz CT molecular complexity index is 1080. The Morgan fingerprint density at radius 3 is 2.33 bits per heavy atom. The van der Waals surface area contributed by atoms with Gasteiger partial charge in [0.25, 0.3) is 0 Å². The Kier molecular flexibility index (Phi) is 6.08. The monoisotopic (exact) mass is 428 g/mol. The van der Waals surface area contributed by atoms with E-state index in [1.165, 1.54) is 11.5 Å². The minimum absolute atomic E-state index is 0.0517. The van der Waals surface area contributed by atoms with Gasteiger partial charge in [-0.1, -0.05) is 17.7 Å². The Hall–Kier alpha value is -2.99. The normalized spacial score (nSPS) is 11.4. The molecule has 2 aromatic carbocycles. The van der Waals surface area contributed by atoms with Crippen molar-refractivity contribution >= 4 is 40.2 Å². The van der Waals surface area contributed by atoms with E-state index < -0.39 is 11.7 Å². The second-order valence-electron chi connectivity index (χ2n) is 8.02. The van der Waals surface area contributed by atoms with Crippen LogP contribution in [0.5, 0.6) is 5.75 Å². The lowest BCUT2D eigenvalue weighted by Gasteiger charge is -2.21. The van der Waals surface area contributed by atoms with E-state index in [1.54, 1.807) is 48.3 Å². The Balaban J connectivity index is 1.87. The number of amides is 1. The average molecular weight is 429 g/mol. The number of hydrogen-bond donors (Lipinski definition) is 0. The SMILES string of the molecule is CC(=O)N(C)c1ccc(OCc2cc3ccc(Cl)cc3n2C(=O)OC(C)(C)C)cc1. The van der Waals surface area contributed by atoms with Gasteiger partial charge < -0.3 is 14.4 Å². The van der Waals surface area contributed by atoms with Gasteiger partial charge in [-0.05, 0) is 63.2 Å². The summed E-state index contributed by atoms with van der Waals surface area (Å²) in [5.41, 5.74) is 1.44. The lowest BCUT2D eigenvalue weighted by atomic mass is 10.2. The average Bonchev–Trinajstić information content (AvgIpc) is 3.02. The maximum Gasteiger partial charge on any atom is 0.419 e. The van der Waals surface area contributed by atoms with Crippen LogP contribution in [0.15, 0.2) is 48.5 Å². The van der Waals surface area contributed by atoms with E-state index in [0.717, 1.165) is 11.1 Å². The summed E-state index contributed by atoms with van der Waals surface area (Å²) >= 11 is 6.15. The van der Waals surface area contributed by atoms with Crippen molar-refractivity contribution < 1.29 is 19.1 Å². The van der Waals surface area contributed by atoms with Crippen LogP contribution in [0.1, 0.15) is 33.4 Å². The van der Waals surface area contributed by atoms with Crippen molar-refractivity contribution in [3.05, 3.63) is 59.2 Å². The number of halogens is 1. The zero-order valence-corrected chi connectivity index (χ0v) is 18.5. The van der Waals surface area contributed by atoms with Crippen LogP contribution in [0.2, 0.25) is 5.02 Å². The third-order valence-corrected chi connectivity index (χ3v) is 4.74. The number of ether oxygens (including phenoxy) is 2. The van der Waals surface area contributed by atoms with Crippen molar-refractivity contribution in [1.29, 1.82) is 0 Å². The first-order chi connectivity index (χ1) is 14.0. The highest BCUT2D eigenvalue weighted by Gasteiger charge is 2.22. The van der Waals surface area contributed by atoms with Crippen molar-refractivity contribution in [2.45, 2.75) is 39.9 Å². The van der Waals surface area contributed by atoms with Crippen LogP contribution < -0.4 is 9.64 Å². The van der Waals surface area contributed by atoms with Gasteiger partial charge in [-0.3, -0.25) is 4.79 Å². The topological polar surface area (TPSA) is 60.8 Å². The molecule has 30 heavy (non-hydrogen) atoms. The van der Waals surface area contributed by atoms with Crippen molar-refractivity contribution in [3.8, 4) is 5.75 Å². The zero-order valence-electron chi connectivity index (χ0n) is 17.7. The summed E-state index contributed by atoms with van der Waals surface area (Å²) in [6, 6.07) is 14.4. The molecule has 1 aromatic heterocycles. The van der Waals surface area contributed by atoms with Gasteiger partial charge in [-0.2, -0.15) is 0 Å². The number of rotatable bonds is 4. The number of hydrogen-bond acceptors (Lipinski definition) is 4. The molecule has 0 bridgehead atoms. The van der Waals surface area contributed by atoms with Gasteiger partial charge in [0.2, 0.25) is 5.91 Å². The van der Waals surface area contributed by atoms with Gasteiger partial charge in [0.1, 0.15) is 18.0 Å². The number of anilines is 1. The van der Waals surface area contributed by atoms with Crippen LogP contribution in [0, 0.1) is 0 Å². The summed E-state index contributed by atoms with van der Waals surface area (Å²) < 4.78 is 13.0. The van der Waals surface area contributed by atoms with Crippen LogP contribution >= 0.6 is 11.6 Å². The third kappa shape index (κ3) is 4.94. The number of nitrogens with zero attached hydrogens (tertiary/aromatic N) is 2. The van der Waals surface area contributed by atoms with E-state index in [4.69, 9.17) is 21.1 Å². The lowest BCUT2D eigenvalue weighted by molar-refractivity contribution is -0.116. The molecule has 6 nitrogen and oxygen atoms in total. The Morgan fingerprint density at radius 2 is 1.73 bits per heavy atom. The highest BCUT2D eigenvalue weighted by molar-refractivity contribution is 6.31. The third-order valence-electron chi connectivity index (χ3n) is 4.50. The number of aromatic nitrogens is 1. The summed E-state index contributed by atoms with van der Waals surface area (Å²) in [5.74, 6) is 0.568. The molecule has 0 saturated carbocycles. The molecule has 0 spiro atoms. The molecule has 1 amide bonds. The molecule has 0 N–H and O–H groups in total. The predicted octanol–water partition coefficient (Wildman–Crippen LogP) is 5.64. The van der Waals surface area contributed by atoms with Crippen molar-refractivity contribution in [2.75, 3.05) is 11.9 Å². The van der Waals surface area contributed by atoms with Crippen LogP contribution in [0.25, 0.3) is 10.9 Å². The fourth-order valence-corrected chi connectivity index (χ4v) is 3.13. The van der Waals surface area contributed by atoms with Gasteiger partial charge in [-0.25, -0.2) is 9.36 Å². The highest BCUT2D eigenvalue weighted by Crippen LogP contribution is 2.26. The maximum atomic E-state index is 12.9. The van der Waals surface area contributed by atoms with E-state index in [-0.39, 0.29) is 12.5 Å². The molecule has 158 valence electrons. The molecule has 0 unspecified atom stereocenters. The molecule has 0 radical (unpaired) electrons. The first kappa shape index (κ1) is 21.7. The van der Waals surface area contributed by atoms with E-state index in [1.807, 2.05) is 32.9 Å². The van der Waals surface area contributed by atoms with Crippen LogP contribution in [-0.4, -0.2) is 29.2 Å². The maximum absolute atomic E-state index is 12.9. The smallest absolute Gasteiger partial charge is 0.419 e. The zero-order chi connectivity index (χ0) is 22.1. The largest absolute Gasteiger partial charge is 0.487 e. The van der Waals surface area contributed by atoms with Crippen LogP contribution in [0.3, 0.4) is 0 Å².